The fraction of sp³-hybridized carbons (Fsp3) is 0.182. The van der Waals surface area contributed by atoms with Crippen molar-refractivity contribution in [3.63, 3.8) is 0 Å². The third kappa shape index (κ3) is 5.43. The maximum Gasteiger partial charge on any atom is 0.475 e. The van der Waals surface area contributed by atoms with E-state index in [1.54, 1.807) is 37.3 Å². The topological polar surface area (TPSA) is 93.7 Å². The van der Waals surface area contributed by atoms with Crippen LogP contribution >= 0.6 is 0 Å². The Morgan fingerprint density at radius 3 is 2.38 bits per heavy atom. The first-order valence-electron chi connectivity index (χ1n) is 9.41. The number of benzene rings is 2. The molecule has 0 aliphatic rings. The number of aromatic hydroxyl groups is 1. The van der Waals surface area contributed by atoms with E-state index in [0.29, 0.717) is 23.2 Å². The van der Waals surface area contributed by atoms with E-state index in [9.17, 15) is 19.9 Å². The van der Waals surface area contributed by atoms with Crippen LogP contribution < -0.4 is 9.88 Å². The third-order valence-electron chi connectivity index (χ3n) is 4.80. The highest BCUT2D eigenvalue weighted by Gasteiger charge is 2.27. The number of nitrogens with zero attached hydrogens (tertiary/aromatic N) is 1. The van der Waals surface area contributed by atoms with Crippen LogP contribution in [-0.4, -0.2) is 34.1 Å². The molecule has 1 amide bonds. The first kappa shape index (κ1) is 20.6. The molecule has 0 aliphatic carbocycles. The van der Waals surface area contributed by atoms with E-state index in [4.69, 9.17) is 0 Å². The highest BCUT2D eigenvalue weighted by molar-refractivity contribution is 6.43. The predicted octanol–water partition coefficient (Wildman–Crippen LogP) is 1.39. The minimum Gasteiger partial charge on any atom is -0.507 e. The highest BCUT2D eigenvalue weighted by atomic mass is 16.4. The van der Waals surface area contributed by atoms with Crippen LogP contribution in [-0.2, 0) is 13.0 Å². The van der Waals surface area contributed by atoms with Gasteiger partial charge >= 0.3 is 7.12 Å². The molecule has 0 unspecified atom stereocenters. The Morgan fingerprint density at radius 2 is 1.72 bits per heavy atom. The van der Waals surface area contributed by atoms with Crippen LogP contribution in [0.4, 0.5) is 0 Å². The van der Waals surface area contributed by atoms with E-state index < -0.39 is 19.0 Å². The van der Waals surface area contributed by atoms with Crippen molar-refractivity contribution in [3.05, 3.63) is 95.3 Å². The Kier molecular flexibility index (Phi) is 6.64. The summed E-state index contributed by atoms with van der Waals surface area (Å²) >= 11 is 0. The second-order valence-corrected chi connectivity index (χ2v) is 7.03. The van der Waals surface area contributed by atoms with Crippen LogP contribution in [0, 0.1) is 6.92 Å². The summed E-state index contributed by atoms with van der Waals surface area (Å²) < 4.78 is 2.03. The molecule has 4 N–H and O–H groups in total. The zero-order valence-corrected chi connectivity index (χ0v) is 16.2. The summed E-state index contributed by atoms with van der Waals surface area (Å²) in [5.74, 6) is -1.26. The average Bonchev–Trinajstić information content (AvgIpc) is 2.72. The number of carbonyl (C=O) groups is 1. The highest BCUT2D eigenvalue weighted by Crippen LogP contribution is 2.23. The Hall–Kier alpha value is -3.16. The van der Waals surface area contributed by atoms with Gasteiger partial charge in [-0.25, -0.2) is 4.57 Å². The lowest BCUT2D eigenvalue weighted by Crippen LogP contribution is -2.47. The van der Waals surface area contributed by atoms with Crippen molar-refractivity contribution in [2.75, 3.05) is 0 Å². The molecule has 0 saturated carbocycles. The van der Waals surface area contributed by atoms with E-state index >= 15 is 0 Å². The Labute approximate surface area is 170 Å². The number of rotatable bonds is 7. The number of pyridine rings is 1. The number of hydrogen-bond acceptors (Lipinski definition) is 4. The summed E-state index contributed by atoms with van der Waals surface area (Å²) in [7, 11) is -1.76. The van der Waals surface area contributed by atoms with Gasteiger partial charge < -0.3 is 20.5 Å². The molecule has 2 aromatic carbocycles. The minimum atomic E-state index is -1.76. The van der Waals surface area contributed by atoms with E-state index in [1.165, 1.54) is 0 Å². The Bertz CT molecular complexity index is 962. The van der Waals surface area contributed by atoms with Crippen molar-refractivity contribution in [2.24, 2.45) is 0 Å². The molecule has 1 aromatic heterocycles. The lowest BCUT2D eigenvalue weighted by atomic mass is 9.75. The van der Waals surface area contributed by atoms with E-state index in [0.717, 1.165) is 5.56 Å². The van der Waals surface area contributed by atoms with Gasteiger partial charge in [-0.3, -0.25) is 4.79 Å². The molecule has 1 atom stereocenters. The van der Waals surface area contributed by atoms with E-state index in [2.05, 4.69) is 5.32 Å². The predicted molar refractivity (Wildman–Crippen MR) is 110 cm³/mol. The lowest BCUT2D eigenvalue weighted by Gasteiger charge is -2.19. The number of phenols is 1. The number of aromatic nitrogens is 1. The van der Waals surface area contributed by atoms with Crippen molar-refractivity contribution in [1.82, 2.24) is 5.32 Å². The van der Waals surface area contributed by atoms with Gasteiger partial charge in [0.15, 0.2) is 18.9 Å². The van der Waals surface area contributed by atoms with Gasteiger partial charge in [-0.1, -0.05) is 36.4 Å². The normalized spacial score (nSPS) is 11.7. The smallest absolute Gasteiger partial charge is 0.475 e. The van der Waals surface area contributed by atoms with E-state index in [-0.39, 0.29) is 12.2 Å². The zero-order chi connectivity index (χ0) is 20.8. The number of para-hydroxylation sites is 1. The number of hydrogen-bond donors (Lipinski definition) is 4. The quantitative estimate of drug-likeness (QED) is 0.362. The number of phenolic OH excluding ortho intramolecular Hbond substituents is 1. The standard InChI is InChI=1S/C22H23BN2O4/c1-16-6-5-7-19(21(16)26)14-20(23(28)29)24-22(27)18-10-8-17(9-11-18)15-25-12-3-2-4-13-25/h2-13,20,28-29H,14-15H2,1H3,(H-,24,26,27)/p+1/t20-/m0/s1. The first-order valence-corrected chi connectivity index (χ1v) is 9.41. The molecule has 6 nitrogen and oxygen atoms in total. The molecule has 0 fully saturated rings. The first-order chi connectivity index (χ1) is 13.9. The second kappa shape index (κ2) is 9.36. The summed E-state index contributed by atoms with van der Waals surface area (Å²) in [6.07, 6.45) is 4.03. The Balaban J connectivity index is 1.67. The van der Waals surface area contributed by atoms with Gasteiger partial charge in [-0.15, -0.1) is 0 Å². The molecule has 148 valence electrons. The van der Waals surface area contributed by atoms with Gasteiger partial charge in [0.1, 0.15) is 5.75 Å². The molecular formula is C22H24BN2O4+. The fourth-order valence-electron chi connectivity index (χ4n) is 3.12. The van der Waals surface area contributed by atoms with Gasteiger partial charge in [-0.05, 0) is 36.6 Å². The SMILES string of the molecule is Cc1cccc(C[C@H](NC(=O)c2ccc(C[n+]3ccccc3)cc2)B(O)O)c1O. The molecule has 0 bridgehead atoms. The maximum absolute atomic E-state index is 12.6. The molecular weight excluding hydrogens is 367 g/mol. The molecule has 0 spiro atoms. The molecule has 3 rings (SSSR count). The van der Waals surface area contributed by atoms with Gasteiger partial charge in [0.05, 0.1) is 5.94 Å². The van der Waals surface area contributed by atoms with E-state index in [1.807, 2.05) is 47.3 Å². The van der Waals surface area contributed by atoms with Crippen LogP contribution in [0.5, 0.6) is 5.75 Å². The summed E-state index contributed by atoms with van der Waals surface area (Å²) in [6, 6.07) is 18.2. The van der Waals surface area contributed by atoms with Crippen LogP contribution in [0.3, 0.4) is 0 Å². The summed E-state index contributed by atoms with van der Waals surface area (Å²) in [5, 5.41) is 32.2. The van der Waals surface area contributed by atoms with Crippen molar-refractivity contribution >= 4 is 13.0 Å². The van der Waals surface area contributed by atoms with Gasteiger partial charge in [-0.2, -0.15) is 0 Å². The molecule has 7 heteroatoms. The van der Waals surface area contributed by atoms with Crippen LogP contribution in [0.15, 0.2) is 73.1 Å². The van der Waals surface area contributed by atoms with Crippen molar-refractivity contribution < 1.29 is 24.5 Å². The number of nitrogens with one attached hydrogen (secondary N) is 1. The molecule has 1 heterocycles. The van der Waals surface area contributed by atoms with Crippen molar-refractivity contribution in [3.8, 4) is 5.75 Å². The molecule has 0 aliphatic heterocycles. The Morgan fingerprint density at radius 1 is 1.03 bits per heavy atom. The zero-order valence-electron chi connectivity index (χ0n) is 16.2. The van der Waals surface area contributed by atoms with Crippen LogP contribution in [0.1, 0.15) is 27.0 Å². The largest absolute Gasteiger partial charge is 0.507 e. The maximum atomic E-state index is 12.6. The van der Waals surface area contributed by atoms with Crippen LogP contribution in [0.2, 0.25) is 0 Å². The summed E-state index contributed by atoms with van der Waals surface area (Å²) in [5.41, 5.74) is 2.69. The minimum absolute atomic E-state index is 0.0927. The summed E-state index contributed by atoms with van der Waals surface area (Å²) in [4.78, 5) is 12.6. The van der Waals surface area contributed by atoms with Crippen LogP contribution in [0.25, 0.3) is 0 Å². The number of carbonyl (C=O) groups excluding carboxylic acids is 1. The molecule has 3 aromatic rings. The molecule has 0 radical (unpaired) electrons. The van der Waals surface area contributed by atoms with Crippen molar-refractivity contribution in [2.45, 2.75) is 25.8 Å². The lowest BCUT2D eigenvalue weighted by molar-refractivity contribution is -0.688. The van der Waals surface area contributed by atoms with Crippen molar-refractivity contribution in [1.29, 1.82) is 0 Å². The van der Waals surface area contributed by atoms with Gasteiger partial charge in [0.2, 0.25) is 0 Å². The number of aryl methyl sites for hydroxylation is 1. The van der Waals surface area contributed by atoms with Gasteiger partial charge in [0.25, 0.3) is 5.91 Å². The third-order valence-corrected chi connectivity index (χ3v) is 4.80. The van der Waals surface area contributed by atoms with Gasteiger partial charge in [0, 0.05) is 23.3 Å². The number of amides is 1. The molecule has 29 heavy (non-hydrogen) atoms. The monoisotopic (exact) mass is 391 g/mol. The second-order valence-electron chi connectivity index (χ2n) is 7.03. The fourth-order valence-corrected chi connectivity index (χ4v) is 3.12. The average molecular weight is 391 g/mol. The molecule has 0 saturated heterocycles. The summed E-state index contributed by atoms with van der Waals surface area (Å²) in [6.45, 7) is 2.45.